The average molecular weight is 805 g/mol. The summed E-state index contributed by atoms with van der Waals surface area (Å²) in [5.41, 5.74) is 1.45. The van der Waals surface area contributed by atoms with Gasteiger partial charge in [-0.25, -0.2) is 14.4 Å². The molecule has 5 aliphatic rings. The summed E-state index contributed by atoms with van der Waals surface area (Å²) in [5.74, 6) is -1.68. The van der Waals surface area contributed by atoms with Gasteiger partial charge in [-0.1, -0.05) is 12.8 Å². The number of carbonyl (C=O) groups excluding carboxylic acids is 5. The summed E-state index contributed by atoms with van der Waals surface area (Å²) in [6.07, 6.45) is 7.63. The number of hydrogen-bond acceptors (Lipinski definition) is 13. The first-order chi connectivity index (χ1) is 28.4. The zero-order valence-corrected chi connectivity index (χ0v) is 33.0. The number of anilines is 4. The Hall–Kier alpha value is -6.10. The van der Waals surface area contributed by atoms with Gasteiger partial charge < -0.3 is 15.1 Å². The van der Waals surface area contributed by atoms with Crippen LogP contribution in [-0.2, 0) is 9.59 Å². The molecule has 9 rings (SSSR count). The summed E-state index contributed by atoms with van der Waals surface area (Å²) in [6, 6.07) is 7.64. The third-order valence-corrected chi connectivity index (χ3v) is 12.6. The SMILES string of the molecule is CC(=O)c1c(C)c2cnc(Nc3ccc(N4CCN(CC5(F)CCN(c6ccc7c(c6)C(=O)N(C6CCC(=O)NC6=O)C7=O)C5)CC4)cn3)nc2n(C2CCCC2)c1=O. The van der Waals surface area contributed by atoms with Crippen LogP contribution in [0.4, 0.5) is 27.5 Å². The van der Waals surface area contributed by atoms with Crippen LogP contribution in [0.2, 0.25) is 0 Å². The fraction of sp³-hybridized carbons (Fsp3) is 0.452. The van der Waals surface area contributed by atoms with Gasteiger partial charge in [0.25, 0.3) is 17.4 Å². The van der Waals surface area contributed by atoms with Crippen molar-refractivity contribution in [1.29, 1.82) is 0 Å². The third-order valence-electron chi connectivity index (χ3n) is 12.6. The number of fused-ring (bicyclic) bond motifs is 2. The van der Waals surface area contributed by atoms with Crippen LogP contribution < -0.4 is 26.0 Å². The zero-order valence-electron chi connectivity index (χ0n) is 33.0. The molecule has 1 aromatic carbocycles. The Labute approximate surface area is 338 Å². The number of hydrogen-bond donors (Lipinski definition) is 2. The van der Waals surface area contributed by atoms with Gasteiger partial charge >= 0.3 is 0 Å². The van der Waals surface area contributed by atoms with Crippen LogP contribution in [0.25, 0.3) is 11.0 Å². The molecule has 4 fully saturated rings. The lowest BCUT2D eigenvalue weighted by atomic mass is 10.0. The van der Waals surface area contributed by atoms with Gasteiger partial charge in [-0.2, -0.15) is 4.98 Å². The quantitative estimate of drug-likeness (QED) is 0.185. The summed E-state index contributed by atoms with van der Waals surface area (Å²) in [7, 11) is 0. The highest BCUT2D eigenvalue weighted by Gasteiger charge is 2.46. The van der Waals surface area contributed by atoms with E-state index in [4.69, 9.17) is 4.98 Å². The van der Waals surface area contributed by atoms with Gasteiger partial charge in [-0.15, -0.1) is 0 Å². The first-order valence-corrected chi connectivity index (χ1v) is 20.3. The predicted octanol–water partition coefficient (Wildman–Crippen LogP) is 3.70. The number of benzene rings is 1. The molecule has 16 nitrogen and oxygen atoms in total. The minimum Gasteiger partial charge on any atom is -0.368 e. The molecule has 2 N–H and O–H groups in total. The van der Waals surface area contributed by atoms with Crippen molar-refractivity contribution >= 4 is 63.6 Å². The second-order valence-corrected chi connectivity index (χ2v) is 16.4. The van der Waals surface area contributed by atoms with Crippen LogP contribution in [0.15, 0.2) is 47.5 Å². The van der Waals surface area contributed by atoms with E-state index in [9.17, 15) is 28.8 Å². The molecule has 3 saturated heterocycles. The minimum atomic E-state index is -1.47. The number of aromatic nitrogens is 4. The fourth-order valence-corrected chi connectivity index (χ4v) is 9.48. The van der Waals surface area contributed by atoms with Gasteiger partial charge in [0, 0.05) is 75.4 Å². The van der Waals surface area contributed by atoms with Crippen LogP contribution >= 0.6 is 0 Å². The van der Waals surface area contributed by atoms with Crippen LogP contribution in [0, 0.1) is 6.92 Å². The molecule has 0 spiro atoms. The van der Waals surface area contributed by atoms with Gasteiger partial charge in [0.15, 0.2) is 5.78 Å². The maximum atomic E-state index is 16.4. The van der Waals surface area contributed by atoms with Crippen molar-refractivity contribution in [3.63, 3.8) is 0 Å². The summed E-state index contributed by atoms with van der Waals surface area (Å²) >= 11 is 0. The number of aryl methyl sites for hydroxylation is 1. The van der Waals surface area contributed by atoms with Gasteiger partial charge in [-0.05, 0) is 69.0 Å². The molecular weight excluding hydrogens is 760 g/mol. The summed E-state index contributed by atoms with van der Waals surface area (Å²) in [4.78, 5) is 97.7. The number of Topliss-reactive ketones (excluding diaryl/α,β-unsaturated/α-hetero) is 1. The predicted molar refractivity (Wildman–Crippen MR) is 216 cm³/mol. The number of nitrogens with one attached hydrogen (secondary N) is 2. The van der Waals surface area contributed by atoms with Crippen molar-refractivity contribution in [3.8, 4) is 0 Å². The van der Waals surface area contributed by atoms with E-state index in [1.807, 2.05) is 17.0 Å². The lowest BCUT2D eigenvalue weighted by Gasteiger charge is -2.38. The lowest BCUT2D eigenvalue weighted by molar-refractivity contribution is -0.136. The highest BCUT2D eigenvalue weighted by atomic mass is 19.1. The molecule has 4 aliphatic heterocycles. The van der Waals surface area contributed by atoms with Gasteiger partial charge in [0.1, 0.15) is 23.2 Å². The third kappa shape index (κ3) is 7.00. The van der Waals surface area contributed by atoms with E-state index in [0.29, 0.717) is 73.2 Å². The van der Waals surface area contributed by atoms with Gasteiger partial charge in [-0.3, -0.25) is 48.5 Å². The van der Waals surface area contributed by atoms with E-state index in [1.54, 1.807) is 42.1 Å². The van der Waals surface area contributed by atoms with E-state index >= 15 is 4.39 Å². The molecule has 3 aromatic heterocycles. The van der Waals surface area contributed by atoms with Gasteiger partial charge in [0.05, 0.1) is 35.1 Å². The number of amides is 4. The molecule has 1 saturated carbocycles. The Morgan fingerprint density at radius 1 is 0.898 bits per heavy atom. The van der Waals surface area contributed by atoms with E-state index in [-0.39, 0.29) is 60.0 Å². The molecule has 0 bridgehead atoms. The van der Waals surface area contributed by atoms with Crippen LogP contribution in [-0.4, -0.2) is 116 Å². The summed E-state index contributed by atoms with van der Waals surface area (Å²) in [6.45, 7) is 6.74. The Balaban J connectivity index is 0.808. The molecule has 17 heteroatoms. The highest BCUT2D eigenvalue weighted by Crippen LogP contribution is 2.36. The number of rotatable bonds is 9. The number of carbonyl (C=O) groups is 5. The maximum absolute atomic E-state index is 16.4. The van der Waals surface area contributed by atoms with Crippen molar-refractivity contribution in [2.45, 2.75) is 76.5 Å². The second-order valence-electron chi connectivity index (χ2n) is 16.4. The zero-order chi connectivity index (χ0) is 41.2. The molecule has 2 atom stereocenters. The van der Waals surface area contributed by atoms with E-state index < -0.39 is 35.3 Å². The molecule has 59 heavy (non-hydrogen) atoms. The van der Waals surface area contributed by atoms with Crippen molar-refractivity contribution in [2.75, 3.05) is 60.9 Å². The number of imide groups is 2. The molecule has 306 valence electrons. The topological polar surface area (TPSA) is 183 Å². The summed E-state index contributed by atoms with van der Waals surface area (Å²) in [5, 5.41) is 6.06. The molecule has 1 aliphatic carbocycles. The number of piperazine rings is 1. The number of pyridine rings is 2. The first kappa shape index (κ1) is 38.4. The summed E-state index contributed by atoms with van der Waals surface area (Å²) < 4.78 is 18.1. The van der Waals surface area contributed by atoms with Crippen molar-refractivity contribution in [1.82, 2.24) is 34.6 Å². The Morgan fingerprint density at radius 3 is 2.36 bits per heavy atom. The Kier molecular flexibility index (Phi) is 9.72. The number of ketones is 1. The maximum Gasteiger partial charge on any atom is 0.263 e. The van der Waals surface area contributed by atoms with Crippen molar-refractivity contribution in [3.05, 3.63) is 75.3 Å². The molecular formula is C42H45FN10O6. The van der Waals surface area contributed by atoms with Crippen LogP contribution in [0.3, 0.4) is 0 Å². The minimum absolute atomic E-state index is 0.0202. The van der Waals surface area contributed by atoms with Crippen molar-refractivity contribution in [2.24, 2.45) is 0 Å². The number of halogens is 1. The van der Waals surface area contributed by atoms with Crippen molar-refractivity contribution < 1.29 is 28.4 Å². The monoisotopic (exact) mass is 804 g/mol. The highest BCUT2D eigenvalue weighted by molar-refractivity contribution is 6.23. The smallest absolute Gasteiger partial charge is 0.263 e. The van der Waals surface area contributed by atoms with Crippen LogP contribution in [0.1, 0.15) is 94.5 Å². The van der Waals surface area contributed by atoms with E-state index in [2.05, 4.69) is 30.4 Å². The molecule has 0 radical (unpaired) electrons. The molecule has 2 unspecified atom stereocenters. The standard InChI is InChI=1S/C42H45FN10O6/c1-24-31-21-45-41(48-36(31)52(26-5-3-4-6-26)40(59)35(24)25(2)54)46-33-11-8-28(20-44-33)50-17-15-49(16-18-50)22-42(43)13-14-51(23-42)27-7-9-29-30(19-27)39(58)53(38(29)57)32-10-12-34(55)47-37(32)56/h7-9,11,19-21,26,32H,3-6,10,12-18,22-23H2,1-2H3,(H,47,55,56)(H,44,45,46,48). The second kappa shape index (κ2) is 14.9. The Bertz CT molecular complexity index is 2480. The average Bonchev–Trinajstić information content (AvgIpc) is 3.94. The van der Waals surface area contributed by atoms with E-state index in [0.717, 1.165) is 36.3 Å². The normalized spacial score (nSPS) is 22.8. The number of piperidine rings is 1. The largest absolute Gasteiger partial charge is 0.368 e. The molecule has 4 amide bonds. The Morgan fingerprint density at radius 2 is 1.64 bits per heavy atom. The van der Waals surface area contributed by atoms with Crippen LogP contribution in [0.5, 0.6) is 0 Å². The molecule has 7 heterocycles. The first-order valence-electron chi connectivity index (χ1n) is 20.3. The van der Waals surface area contributed by atoms with Gasteiger partial charge in [0.2, 0.25) is 17.8 Å². The lowest BCUT2D eigenvalue weighted by Crippen LogP contribution is -2.54. The van der Waals surface area contributed by atoms with E-state index in [1.165, 1.54) is 6.92 Å². The molecule has 4 aromatic rings. The number of alkyl halides is 1. The number of nitrogens with zero attached hydrogens (tertiary/aromatic N) is 8. The fourth-order valence-electron chi connectivity index (χ4n) is 9.48.